The lowest BCUT2D eigenvalue weighted by atomic mass is 10.2. The molecule has 2 N–H and O–H groups in total. The molecule has 0 fully saturated rings. The Morgan fingerprint density at radius 3 is 2.68 bits per heavy atom. The number of nitrogens with one attached hydrogen (secondary N) is 2. The van der Waals surface area contributed by atoms with Gasteiger partial charge >= 0.3 is 0 Å². The van der Waals surface area contributed by atoms with Gasteiger partial charge in [0.25, 0.3) is 0 Å². The van der Waals surface area contributed by atoms with Gasteiger partial charge in [-0.05, 0) is 35.7 Å². The predicted octanol–water partition coefficient (Wildman–Crippen LogP) is 2.89. The van der Waals surface area contributed by atoms with Crippen LogP contribution < -0.4 is 10.3 Å². The molecule has 1 aliphatic rings. The fourth-order valence-corrected chi connectivity index (χ4v) is 2.51. The van der Waals surface area contributed by atoms with Crippen molar-refractivity contribution in [3.8, 4) is 0 Å². The summed E-state index contributed by atoms with van der Waals surface area (Å²) in [4.78, 5) is 8.68. The molecule has 2 aromatic carbocycles. The second kappa shape index (κ2) is 5.42. The maximum Gasteiger partial charge on any atom is 0.144 e. The van der Waals surface area contributed by atoms with Gasteiger partial charge in [-0.25, -0.2) is 4.39 Å². The molecule has 0 radical (unpaired) electrons. The fraction of sp³-hybridized carbons (Fsp3) is 0.0714. The predicted molar refractivity (Wildman–Crippen MR) is 75.2 cm³/mol. The summed E-state index contributed by atoms with van der Waals surface area (Å²) in [6, 6.07) is 14.4. The third kappa shape index (κ3) is 2.77. The third-order valence-electron chi connectivity index (χ3n) is 2.81. The second-order valence-electron chi connectivity index (χ2n) is 4.12. The smallest absolute Gasteiger partial charge is 0.144 e. The van der Waals surface area contributed by atoms with E-state index in [1.54, 1.807) is 12.1 Å². The van der Waals surface area contributed by atoms with E-state index in [0.717, 1.165) is 21.9 Å². The molecule has 19 heavy (non-hydrogen) atoms. The zero-order valence-electron chi connectivity index (χ0n) is 10.1. The Morgan fingerprint density at radius 1 is 1.05 bits per heavy atom. The zero-order chi connectivity index (χ0) is 13.1. The number of nitrogens with zero attached hydrogens (tertiary/aromatic N) is 1. The van der Waals surface area contributed by atoms with Crippen molar-refractivity contribution in [1.82, 2.24) is 10.3 Å². The van der Waals surface area contributed by atoms with Crippen LogP contribution >= 0.6 is 11.9 Å². The Morgan fingerprint density at radius 2 is 1.84 bits per heavy atom. The molecule has 2 aromatic rings. The lowest BCUT2D eigenvalue weighted by Crippen LogP contribution is -2.37. The average Bonchev–Trinajstić information content (AvgIpc) is 2.47. The molecule has 0 unspecified atom stereocenters. The molecule has 0 aromatic heterocycles. The molecule has 1 heterocycles. The Balaban J connectivity index is 1.83. The largest absolute Gasteiger partial charge is 0.295 e. The Labute approximate surface area is 115 Å². The number of hydrogen-bond acceptors (Lipinski definition) is 3. The standard InChI is InChI=1S/C14H12FN3S/c15-11-7-5-10(6-8-11)9-16-14-12-3-1-2-4-13(12)19-18-17-14/h1-8,18H,9H2,(H,16,17). The van der Waals surface area contributed by atoms with E-state index in [1.807, 2.05) is 24.3 Å². The molecule has 0 atom stereocenters. The van der Waals surface area contributed by atoms with Gasteiger partial charge in [0, 0.05) is 10.5 Å². The van der Waals surface area contributed by atoms with E-state index in [2.05, 4.69) is 15.2 Å². The maximum absolute atomic E-state index is 12.8. The first-order valence-electron chi connectivity index (χ1n) is 5.89. The molecular weight excluding hydrogens is 261 g/mol. The number of hydrogen-bond donors (Lipinski definition) is 2. The lowest BCUT2D eigenvalue weighted by Gasteiger charge is -2.19. The van der Waals surface area contributed by atoms with Gasteiger partial charge in [0.2, 0.25) is 0 Å². The van der Waals surface area contributed by atoms with E-state index in [4.69, 9.17) is 0 Å². The highest BCUT2D eigenvalue weighted by Gasteiger charge is 2.13. The van der Waals surface area contributed by atoms with Gasteiger partial charge in [0.05, 0.1) is 6.54 Å². The van der Waals surface area contributed by atoms with Crippen LogP contribution in [0.3, 0.4) is 0 Å². The van der Waals surface area contributed by atoms with Gasteiger partial charge in [-0.2, -0.15) is 4.83 Å². The first-order chi connectivity index (χ1) is 9.33. The molecule has 0 aliphatic carbocycles. The van der Waals surface area contributed by atoms with Gasteiger partial charge in [-0.15, -0.1) is 0 Å². The lowest BCUT2D eigenvalue weighted by molar-refractivity contribution is 0.627. The molecule has 96 valence electrons. The van der Waals surface area contributed by atoms with Crippen molar-refractivity contribution in [3.63, 3.8) is 0 Å². The summed E-state index contributed by atoms with van der Waals surface area (Å²) < 4.78 is 12.8. The summed E-state index contributed by atoms with van der Waals surface area (Å²) in [7, 11) is 0. The van der Waals surface area contributed by atoms with Crippen LogP contribution in [0.1, 0.15) is 11.1 Å². The van der Waals surface area contributed by atoms with E-state index in [1.165, 1.54) is 24.1 Å². The molecule has 0 saturated heterocycles. The minimum atomic E-state index is -0.226. The van der Waals surface area contributed by atoms with Crippen molar-refractivity contribution in [3.05, 3.63) is 65.5 Å². The summed E-state index contributed by atoms with van der Waals surface area (Å²) in [6.07, 6.45) is 0. The number of aliphatic imine (C=N–C) groups is 1. The van der Waals surface area contributed by atoms with E-state index in [9.17, 15) is 4.39 Å². The second-order valence-corrected chi connectivity index (χ2v) is 4.96. The van der Waals surface area contributed by atoms with Crippen molar-refractivity contribution in [2.75, 3.05) is 0 Å². The molecular formula is C14H12FN3S. The zero-order valence-corrected chi connectivity index (χ0v) is 10.9. The molecule has 5 heteroatoms. The monoisotopic (exact) mass is 273 g/mol. The minimum Gasteiger partial charge on any atom is -0.295 e. The molecule has 3 rings (SSSR count). The van der Waals surface area contributed by atoms with E-state index in [0.29, 0.717) is 6.54 Å². The van der Waals surface area contributed by atoms with Crippen molar-refractivity contribution in [1.29, 1.82) is 0 Å². The molecule has 0 saturated carbocycles. The first-order valence-corrected chi connectivity index (χ1v) is 6.71. The van der Waals surface area contributed by atoms with E-state index in [-0.39, 0.29) is 5.82 Å². The SMILES string of the molecule is Fc1ccc(CN=C2NNSc3ccccc32)cc1. The van der Waals surface area contributed by atoms with Gasteiger partial charge < -0.3 is 0 Å². The number of halogens is 1. The Kier molecular flexibility index (Phi) is 3.48. The maximum atomic E-state index is 12.8. The summed E-state index contributed by atoms with van der Waals surface area (Å²) >= 11 is 1.52. The van der Waals surface area contributed by atoms with E-state index >= 15 is 0 Å². The van der Waals surface area contributed by atoms with Gasteiger partial charge in [-0.1, -0.05) is 30.3 Å². The van der Waals surface area contributed by atoms with Crippen LogP contribution in [0.5, 0.6) is 0 Å². The average molecular weight is 273 g/mol. The molecule has 3 nitrogen and oxygen atoms in total. The number of fused-ring (bicyclic) bond motifs is 1. The number of rotatable bonds is 2. The van der Waals surface area contributed by atoms with Crippen molar-refractivity contribution >= 4 is 17.8 Å². The van der Waals surface area contributed by atoms with Crippen LogP contribution in [-0.4, -0.2) is 5.84 Å². The molecule has 0 bridgehead atoms. The number of hydrazine groups is 1. The van der Waals surface area contributed by atoms with Crippen LogP contribution in [-0.2, 0) is 6.54 Å². The highest BCUT2D eigenvalue weighted by Crippen LogP contribution is 2.22. The van der Waals surface area contributed by atoms with Gasteiger partial charge in [-0.3, -0.25) is 10.4 Å². The third-order valence-corrected chi connectivity index (χ3v) is 3.59. The summed E-state index contributed by atoms with van der Waals surface area (Å²) in [5.41, 5.74) is 5.10. The normalized spacial score (nSPS) is 15.9. The van der Waals surface area contributed by atoms with Crippen LogP contribution in [0, 0.1) is 5.82 Å². The molecule has 0 spiro atoms. The molecule has 0 amide bonds. The summed E-state index contributed by atoms with van der Waals surface area (Å²) in [6.45, 7) is 0.517. The highest BCUT2D eigenvalue weighted by atomic mass is 32.2. The Bertz CT molecular complexity index is 610. The van der Waals surface area contributed by atoms with E-state index < -0.39 is 0 Å². The van der Waals surface area contributed by atoms with Crippen molar-refractivity contribution < 1.29 is 4.39 Å². The summed E-state index contributed by atoms with van der Waals surface area (Å²) in [5, 5.41) is 0. The van der Waals surface area contributed by atoms with Gasteiger partial charge in [0.15, 0.2) is 0 Å². The Hall–Kier alpha value is -1.85. The van der Waals surface area contributed by atoms with Crippen LogP contribution in [0.4, 0.5) is 4.39 Å². The first kappa shape index (κ1) is 12.2. The minimum absolute atomic E-state index is 0.226. The quantitative estimate of drug-likeness (QED) is 0.826. The van der Waals surface area contributed by atoms with Crippen LogP contribution in [0.25, 0.3) is 0 Å². The van der Waals surface area contributed by atoms with Crippen molar-refractivity contribution in [2.24, 2.45) is 4.99 Å². The molecule has 1 aliphatic heterocycles. The van der Waals surface area contributed by atoms with Crippen LogP contribution in [0.2, 0.25) is 0 Å². The van der Waals surface area contributed by atoms with Crippen LogP contribution in [0.15, 0.2) is 58.4 Å². The topological polar surface area (TPSA) is 36.4 Å². The van der Waals surface area contributed by atoms with Crippen molar-refractivity contribution in [2.45, 2.75) is 11.4 Å². The number of benzene rings is 2. The van der Waals surface area contributed by atoms with Gasteiger partial charge in [0.1, 0.15) is 11.7 Å². The fourth-order valence-electron chi connectivity index (χ4n) is 1.83. The summed E-state index contributed by atoms with van der Waals surface area (Å²) in [5.74, 6) is 0.578. The number of amidine groups is 1. The highest BCUT2D eigenvalue weighted by molar-refractivity contribution is 7.97.